The van der Waals surface area contributed by atoms with Crippen molar-refractivity contribution < 1.29 is 27.8 Å². The summed E-state index contributed by atoms with van der Waals surface area (Å²) in [5, 5.41) is 5.36. The molecule has 0 radical (unpaired) electrons. The molecule has 0 fully saturated rings. The van der Waals surface area contributed by atoms with Gasteiger partial charge in [-0.2, -0.15) is 8.78 Å². The van der Waals surface area contributed by atoms with Crippen LogP contribution in [0.4, 0.5) is 14.5 Å². The van der Waals surface area contributed by atoms with E-state index in [-0.39, 0.29) is 23.7 Å². The van der Waals surface area contributed by atoms with Crippen LogP contribution in [0.2, 0.25) is 5.02 Å². The average Bonchev–Trinajstić information content (AvgIpc) is 2.61. The zero-order chi connectivity index (χ0) is 19.8. The summed E-state index contributed by atoms with van der Waals surface area (Å²) in [4.78, 5) is 23.8. The summed E-state index contributed by atoms with van der Waals surface area (Å²) in [6, 6.07) is 11.0. The maximum Gasteiger partial charge on any atom is 0.387 e. The molecular weight excluding hydrogens is 382 g/mol. The van der Waals surface area contributed by atoms with Crippen molar-refractivity contribution in [1.29, 1.82) is 0 Å². The van der Waals surface area contributed by atoms with Gasteiger partial charge in [-0.15, -0.1) is 0 Å². The Morgan fingerprint density at radius 1 is 1.11 bits per heavy atom. The molecule has 2 N–H and O–H groups in total. The third-order valence-electron chi connectivity index (χ3n) is 3.43. The van der Waals surface area contributed by atoms with Crippen LogP contribution < -0.4 is 20.1 Å². The predicted octanol–water partition coefficient (Wildman–Crippen LogP) is 3.25. The molecule has 0 aliphatic carbocycles. The quantitative estimate of drug-likeness (QED) is 0.702. The van der Waals surface area contributed by atoms with Crippen molar-refractivity contribution in [1.82, 2.24) is 5.32 Å². The maximum atomic E-state index is 12.4. The van der Waals surface area contributed by atoms with Crippen molar-refractivity contribution in [2.24, 2.45) is 0 Å². The molecule has 0 aromatic heterocycles. The number of nitrogens with one attached hydrogen (secondary N) is 2. The molecule has 2 rings (SSSR count). The Labute approximate surface area is 159 Å². The van der Waals surface area contributed by atoms with Gasteiger partial charge >= 0.3 is 18.4 Å². The largest absolute Gasteiger partial charge is 0.493 e. The molecule has 0 atom stereocenters. The van der Waals surface area contributed by atoms with Crippen LogP contribution >= 0.6 is 11.6 Å². The van der Waals surface area contributed by atoms with Crippen LogP contribution in [0.1, 0.15) is 5.56 Å². The third kappa shape index (κ3) is 6.41. The molecule has 2 aromatic rings. The molecule has 0 bridgehead atoms. The number of rotatable bonds is 7. The number of benzene rings is 2. The molecule has 144 valence electrons. The van der Waals surface area contributed by atoms with Gasteiger partial charge in [0.15, 0.2) is 11.5 Å². The number of alkyl halides is 2. The van der Waals surface area contributed by atoms with Gasteiger partial charge in [-0.1, -0.05) is 23.7 Å². The lowest BCUT2D eigenvalue weighted by molar-refractivity contribution is -0.136. The first kappa shape index (κ1) is 20.4. The van der Waals surface area contributed by atoms with Gasteiger partial charge in [-0.3, -0.25) is 9.59 Å². The highest BCUT2D eigenvalue weighted by Crippen LogP contribution is 2.31. The average molecular weight is 399 g/mol. The van der Waals surface area contributed by atoms with E-state index in [1.165, 1.54) is 19.2 Å². The number of methoxy groups -OCH3 is 1. The molecule has 0 heterocycles. The fourth-order valence-corrected chi connectivity index (χ4v) is 2.44. The van der Waals surface area contributed by atoms with Crippen LogP contribution in [-0.2, 0) is 16.0 Å². The topological polar surface area (TPSA) is 76.7 Å². The van der Waals surface area contributed by atoms with E-state index < -0.39 is 18.4 Å². The van der Waals surface area contributed by atoms with E-state index in [0.717, 1.165) is 11.6 Å². The zero-order valence-corrected chi connectivity index (χ0v) is 15.1. The summed E-state index contributed by atoms with van der Waals surface area (Å²) in [6.07, 6.45) is 0.495. The van der Waals surface area contributed by atoms with Crippen molar-refractivity contribution >= 4 is 29.1 Å². The van der Waals surface area contributed by atoms with Crippen molar-refractivity contribution in [2.75, 3.05) is 19.0 Å². The molecule has 6 nitrogen and oxygen atoms in total. The van der Waals surface area contributed by atoms with Crippen molar-refractivity contribution in [3.8, 4) is 11.5 Å². The Hall–Kier alpha value is -2.87. The van der Waals surface area contributed by atoms with E-state index in [1.807, 2.05) is 6.07 Å². The first-order chi connectivity index (χ1) is 12.9. The molecule has 0 saturated heterocycles. The number of ether oxygens (including phenoxy) is 2. The van der Waals surface area contributed by atoms with E-state index in [9.17, 15) is 18.4 Å². The van der Waals surface area contributed by atoms with Crippen LogP contribution in [0, 0.1) is 0 Å². The SMILES string of the molecule is COc1ccc(NC(=O)C(=O)NCCc2cccc(Cl)c2)cc1OC(F)F. The van der Waals surface area contributed by atoms with Crippen LogP contribution in [-0.4, -0.2) is 32.1 Å². The molecule has 2 aromatic carbocycles. The molecule has 0 spiro atoms. The lowest BCUT2D eigenvalue weighted by Crippen LogP contribution is -2.36. The standard InChI is InChI=1S/C18H17ClF2N2O4/c1-26-14-6-5-13(10-15(14)27-18(20)21)23-17(25)16(24)22-8-7-11-3-2-4-12(19)9-11/h2-6,9-10,18H,7-8H2,1H3,(H,22,24)(H,23,25). The number of halogens is 3. The van der Waals surface area contributed by atoms with Gasteiger partial charge in [-0.25, -0.2) is 0 Å². The molecule has 9 heteroatoms. The van der Waals surface area contributed by atoms with E-state index in [2.05, 4.69) is 15.4 Å². The normalized spacial score (nSPS) is 10.4. The fourth-order valence-electron chi connectivity index (χ4n) is 2.22. The van der Waals surface area contributed by atoms with Gasteiger partial charge in [0, 0.05) is 23.3 Å². The van der Waals surface area contributed by atoms with Gasteiger partial charge in [0.1, 0.15) is 0 Å². The van der Waals surface area contributed by atoms with Crippen LogP contribution in [0.3, 0.4) is 0 Å². The Bertz CT molecular complexity index is 818. The van der Waals surface area contributed by atoms with E-state index in [1.54, 1.807) is 18.2 Å². The molecule has 0 saturated carbocycles. The fraction of sp³-hybridized carbons (Fsp3) is 0.222. The summed E-state index contributed by atoms with van der Waals surface area (Å²) in [5.74, 6) is -1.98. The summed E-state index contributed by atoms with van der Waals surface area (Å²) >= 11 is 5.88. The van der Waals surface area contributed by atoms with Crippen LogP contribution in [0.25, 0.3) is 0 Å². The van der Waals surface area contributed by atoms with Gasteiger partial charge in [0.05, 0.1) is 7.11 Å². The molecule has 0 aliphatic rings. The Balaban J connectivity index is 1.90. The van der Waals surface area contributed by atoms with E-state index in [0.29, 0.717) is 11.4 Å². The second-order valence-electron chi connectivity index (χ2n) is 5.33. The van der Waals surface area contributed by atoms with Crippen molar-refractivity contribution in [2.45, 2.75) is 13.0 Å². The van der Waals surface area contributed by atoms with Crippen LogP contribution in [0.5, 0.6) is 11.5 Å². The number of amides is 2. The molecule has 27 heavy (non-hydrogen) atoms. The van der Waals surface area contributed by atoms with Gasteiger partial charge in [-0.05, 0) is 36.2 Å². The highest BCUT2D eigenvalue weighted by Gasteiger charge is 2.16. The minimum absolute atomic E-state index is 0.0688. The lowest BCUT2D eigenvalue weighted by atomic mass is 10.1. The van der Waals surface area contributed by atoms with Crippen molar-refractivity contribution in [3.63, 3.8) is 0 Å². The smallest absolute Gasteiger partial charge is 0.387 e. The number of carbonyl (C=O) groups is 2. The minimum atomic E-state index is -3.06. The summed E-state index contributed by atoms with van der Waals surface area (Å²) < 4.78 is 34.1. The van der Waals surface area contributed by atoms with Crippen LogP contribution in [0.15, 0.2) is 42.5 Å². The second kappa shape index (κ2) is 9.72. The zero-order valence-electron chi connectivity index (χ0n) is 14.3. The Morgan fingerprint density at radius 3 is 2.56 bits per heavy atom. The highest BCUT2D eigenvalue weighted by molar-refractivity contribution is 6.39. The number of hydrogen-bond donors (Lipinski definition) is 2. The highest BCUT2D eigenvalue weighted by atomic mass is 35.5. The monoisotopic (exact) mass is 398 g/mol. The number of hydrogen-bond acceptors (Lipinski definition) is 4. The first-order valence-electron chi connectivity index (χ1n) is 7.85. The minimum Gasteiger partial charge on any atom is -0.493 e. The van der Waals surface area contributed by atoms with Gasteiger partial charge in [0.25, 0.3) is 0 Å². The Kier molecular flexibility index (Phi) is 7.36. The lowest BCUT2D eigenvalue weighted by Gasteiger charge is -2.12. The van der Waals surface area contributed by atoms with Gasteiger partial charge < -0.3 is 20.1 Å². The number of carbonyl (C=O) groups excluding carboxylic acids is 2. The van der Waals surface area contributed by atoms with Gasteiger partial charge in [0.2, 0.25) is 0 Å². The Morgan fingerprint density at radius 2 is 1.89 bits per heavy atom. The third-order valence-corrected chi connectivity index (χ3v) is 3.67. The molecule has 0 unspecified atom stereocenters. The van der Waals surface area contributed by atoms with Crippen molar-refractivity contribution in [3.05, 3.63) is 53.1 Å². The molecule has 0 aliphatic heterocycles. The maximum absolute atomic E-state index is 12.4. The van der Waals surface area contributed by atoms with E-state index >= 15 is 0 Å². The van der Waals surface area contributed by atoms with E-state index in [4.69, 9.17) is 16.3 Å². The second-order valence-corrected chi connectivity index (χ2v) is 5.77. The molecular formula is C18H17ClF2N2O4. The molecule has 2 amide bonds. The first-order valence-corrected chi connectivity index (χ1v) is 8.23. The summed E-state index contributed by atoms with van der Waals surface area (Å²) in [6.45, 7) is -2.82. The number of anilines is 1. The summed E-state index contributed by atoms with van der Waals surface area (Å²) in [7, 11) is 1.29. The predicted molar refractivity (Wildman–Crippen MR) is 96.4 cm³/mol. The summed E-state index contributed by atoms with van der Waals surface area (Å²) in [5.41, 5.74) is 1.02.